The van der Waals surface area contributed by atoms with Crippen LogP contribution in [-0.2, 0) is 14.4 Å². The first kappa shape index (κ1) is 22.4. The number of carbonyl (C=O) groups is 3. The predicted molar refractivity (Wildman–Crippen MR) is 93.2 cm³/mol. The zero-order valence-electron chi connectivity index (χ0n) is 15.6. The van der Waals surface area contributed by atoms with E-state index < -0.39 is 35.9 Å². The molecule has 0 aromatic rings. The van der Waals surface area contributed by atoms with Crippen LogP contribution in [0, 0.1) is 17.8 Å². The van der Waals surface area contributed by atoms with E-state index in [-0.39, 0.29) is 17.8 Å². The Balaban J connectivity index is 5.01. The molecule has 0 bridgehead atoms. The summed E-state index contributed by atoms with van der Waals surface area (Å²) in [5.74, 6) is -2.11. The van der Waals surface area contributed by atoms with Crippen molar-refractivity contribution in [1.82, 2.24) is 10.6 Å². The fraction of sp³-hybridized carbons (Fsp3) is 0.824. The number of carbonyl (C=O) groups excluding carboxylic acids is 2. The van der Waals surface area contributed by atoms with Crippen LogP contribution in [0.1, 0.15) is 54.4 Å². The lowest BCUT2D eigenvalue weighted by Gasteiger charge is -2.27. The zero-order chi connectivity index (χ0) is 19.0. The molecule has 0 aliphatic rings. The third-order valence-corrected chi connectivity index (χ3v) is 4.09. The number of aliphatic carboxylic acids is 1. The van der Waals surface area contributed by atoms with Gasteiger partial charge in [0.15, 0.2) is 0 Å². The maximum Gasteiger partial charge on any atom is 0.326 e. The van der Waals surface area contributed by atoms with Crippen molar-refractivity contribution in [2.75, 3.05) is 0 Å². The zero-order valence-corrected chi connectivity index (χ0v) is 15.6. The molecular formula is C17H33N3O4. The minimum Gasteiger partial charge on any atom is -0.480 e. The van der Waals surface area contributed by atoms with Crippen LogP contribution in [0.2, 0.25) is 0 Å². The summed E-state index contributed by atoms with van der Waals surface area (Å²) in [6.45, 7) is 11.1. The Bertz CT molecular complexity index is 438. The highest BCUT2D eigenvalue weighted by molar-refractivity contribution is 5.92. The molecule has 7 nitrogen and oxygen atoms in total. The summed E-state index contributed by atoms with van der Waals surface area (Å²) in [6, 6.07) is -2.49. The van der Waals surface area contributed by atoms with Crippen molar-refractivity contribution in [3.63, 3.8) is 0 Å². The summed E-state index contributed by atoms with van der Waals surface area (Å²) in [4.78, 5) is 36.0. The van der Waals surface area contributed by atoms with Gasteiger partial charge in [-0.15, -0.1) is 0 Å². The first-order valence-corrected chi connectivity index (χ1v) is 8.60. The van der Waals surface area contributed by atoms with E-state index in [4.69, 9.17) is 5.73 Å². The summed E-state index contributed by atoms with van der Waals surface area (Å²) in [6.07, 6.45) is 1.14. The van der Waals surface area contributed by atoms with Gasteiger partial charge >= 0.3 is 5.97 Å². The molecular weight excluding hydrogens is 310 g/mol. The Morgan fingerprint density at radius 3 is 1.83 bits per heavy atom. The maximum atomic E-state index is 12.5. The van der Waals surface area contributed by atoms with Crippen LogP contribution in [0.15, 0.2) is 0 Å². The van der Waals surface area contributed by atoms with Crippen molar-refractivity contribution in [2.45, 2.75) is 72.5 Å². The van der Waals surface area contributed by atoms with Crippen LogP contribution in [0.3, 0.4) is 0 Å². The molecule has 2 amide bonds. The summed E-state index contributed by atoms with van der Waals surface area (Å²) in [7, 11) is 0. The molecule has 24 heavy (non-hydrogen) atoms. The third kappa shape index (κ3) is 7.29. The van der Waals surface area contributed by atoms with E-state index in [1.54, 1.807) is 20.8 Å². The lowest BCUT2D eigenvalue weighted by molar-refractivity contribution is -0.144. The van der Waals surface area contributed by atoms with E-state index in [0.717, 1.165) is 0 Å². The topological polar surface area (TPSA) is 122 Å². The van der Waals surface area contributed by atoms with Crippen molar-refractivity contribution in [1.29, 1.82) is 0 Å². The van der Waals surface area contributed by atoms with Gasteiger partial charge in [-0.2, -0.15) is 0 Å². The summed E-state index contributed by atoms with van der Waals surface area (Å²) >= 11 is 0. The molecule has 0 aliphatic carbocycles. The second kappa shape index (κ2) is 10.3. The van der Waals surface area contributed by atoms with Crippen molar-refractivity contribution >= 4 is 17.8 Å². The number of rotatable bonds is 10. The van der Waals surface area contributed by atoms with Gasteiger partial charge in [-0.3, -0.25) is 9.59 Å². The Kier molecular flexibility index (Phi) is 9.58. The third-order valence-electron chi connectivity index (χ3n) is 4.09. The maximum absolute atomic E-state index is 12.5. The molecule has 4 unspecified atom stereocenters. The van der Waals surface area contributed by atoms with Crippen molar-refractivity contribution < 1.29 is 19.5 Å². The molecule has 0 aliphatic heterocycles. The van der Waals surface area contributed by atoms with E-state index >= 15 is 0 Å². The summed E-state index contributed by atoms with van der Waals surface area (Å²) in [5.41, 5.74) is 5.85. The second-order valence-corrected chi connectivity index (χ2v) is 7.18. The largest absolute Gasteiger partial charge is 0.480 e. The lowest BCUT2D eigenvalue weighted by atomic mass is 9.97. The van der Waals surface area contributed by atoms with Gasteiger partial charge < -0.3 is 21.5 Å². The Hall–Kier alpha value is -1.63. The molecule has 0 aromatic heterocycles. The minimum atomic E-state index is -1.08. The minimum absolute atomic E-state index is 0.188. The Labute approximate surface area is 144 Å². The monoisotopic (exact) mass is 343 g/mol. The highest BCUT2D eigenvalue weighted by Crippen LogP contribution is 2.10. The number of carboxylic acids is 1. The van der Waals surface area contributed by atoms with E-state index in [2.05, 4.69) is 10.6 Å². The molecule has 0 radical (unpaired) electrons. The number of hydrogen-bond donors (Lipinski definition) is 4. The first-order valence-electron chi connectivity index (χ1n) is 8.60. The highest BCUT2D eigenvalue weighted by atomic mass is 16.4. The number of carboxylic acid groups (broad SMARTS) is 1. The van der Waals surface area contributed by atoms with Crippen molar-refractivity contribution in [3.8, 4) is 0 Å². The molecule has 140 valence electrons. The number of amides is 2. The lowest BCUT2D eigenvalue weighted by Crippen LogP contribution is -2.57. The summed E-state index contributed by atoms with van der Waals surface area (Å²) in [5, 5.41) is 14.5. The van der Waals surface area contributed by atoms with Gasteiger partial charge in [0.25, 0.3) is 0 Å². The van der Waals surface area contributed by atoms with Crippen molar-refractivity contribution in [2.24, 2.45) is 23.5 Å². The Morgan fingerprint density at radius 1 is 0.958 bits per heavy atom. The van der Waals surface area contributed by atoms with Crippen LogP contribution in [-0.4, -0.2) is 41.0 Å². The molecule has 7 heteroatoms. The standard InChI is InChI=1S/C17H33N3O4/c1-7-11(6)14(17(23)24)20-16(22)13(10(4)5)19-15(21)12(18)8-9(2)3/h9-14H,7-8,18H2,1-6H3,(H,19,21)(H,20,22)(H,23,24). The molecule has 0 rings (SSSR count). The van der Waals surface area contributed by atoms with Crippen LogP contribution < -0.4 is 16.4 Å². The fourth-order valence-corrected chi connectivity index (χ4v) is 2.34. The first-order chi connectivity index (χ1) is 11.0. The summed E-state index contributed by atoms with van der Waals surface area (Å²) < 4.78 is 0. The number of nitrogens with one attached hydrogen (secondary N) is 2. The fourth-order valence-electron chi connectivity index (χ4n) is 2.34. The van der Waals surface area contributed by atoms with E-state index in [1.165, 1.54) is 0 Å². The average molecular weight is 343 g/mol. The molecule has 0 heterocycles. The van der Waals surface area contributed by atoms with Gasteiger partial charge in [-0.1, -0.05) is 48.0 Å². The molecule has 5 N–H and O–H groups in total. The predicted octanol–water partition coefficient (Wildman–Crippen LogP) is 1.12. The van der Waals surface area contributed by atoms with Gasteiger partial charge in [0, 0.05) is 0 Å². The van der Waals surface area contributed by atoms with Gasteiger partial charge in [0.05, 0.1) is 6.04 Å². The average Bonchev–Trinajstić information content (AvgIpc) is 2.47. The molecule has 0 spiro atoms. The highest BCUT2D eigenvalue weighted by Gasteiger charge is 2.31. The van der Waals surface area contributed by atoms with E-state index in [1.807, 2.05) is 20.8 Å². The van der Waals surface area contributed by atoms with E-state index in [9.17, 15) is 19.5 Å². The number of nitrogens with two attached hydrogens (primary N) is 1. The molecule has 4 atom stereocenters. The molecule has 0 fully saturated rings. The van der Waals surface area contributed by atoms with Gasteiger partial charge in [-0.05, 0) is 24.2 Å². The quantitative estimate of drug-likeness (QED) is 0.473. The van der Waals surface area contributed by atoms with Crippen LogP contribution >= 0.6 is 0 Å². The molecule has 0 saturated carbocycles. The SMILES string of the molecule is CCC(C)C(NC(=O)C(NC(=O)C(N)CC(C)C)C(C)C)C(=O)O. The molecule has 0 aromatic carbocycles. The van der Waals surface area contributed by atoms with Crippen LogP contribution in [0.5, 0.6) is 0 Å². The second-order valence-electron chi connectivity index (χ2n) is 7.18. The Morgan fingerprint density at radius 2 is 1.46 bits per heavy atom. The van der Waals surface area contributed by atoms with Crippen molar-refractivity contribution in [3.05, 3.63) is 0 Å². The van der Waals surface area contributed by atoms with E-state index in [0.29, 0.717) is 12.8 Å². The van der Waals surface area contributed by atoms with Gasteiger partial charge in [0.1, 0.15) is 12.1 Å². The normalized spacial score (nSPS) is 16.4. The molecule has 0 saturated heterocycles. The van der Waals surface area contributed by atoms with Gasteiger partial charge in [0.2, 0.25) is 11.8 Å². The smallest absolute Gasteiger partial charge is 0.326 e. The van der Waals surface area contributed by atoms with Gasteiger partial charge in [-0.25, -0.2) is 4.79 Å². The number of hydrogen-bond acceptors (Lipinski definition) is 4. The van der Waals surface area contributed by atoms with Crippen LogP contribution in [0.25, 0.3) is 0 Å². The van der Waals surface area contributed by atoms with Crippen LogP contribution in [0.4, 0.5) is 0 Å².